The SMILES string of the molecule is CC(=O)N1C[C@H]2CN(C(=O)c3cncc(=O)[nH]3)C[C@H]2[C@H]1c1ccccc1. The number of hydrogen-bond donors (Lipinski definition) is 1. The molecule has 7 heteroatoms. The van der Waals surface area contributed by atoms with Crippen LogP contribution < -0.4 is 5.56 Å². The van der Waals surface area contributed by atoms with Gasteiger partial charge in [0.2, 0.25) is 5.91 Å². The first kappa shape index (κ1) is 16.5. The summed E-state index contributed by atoms with van der Waals surface area (Å²) in [5.74, 6) is 0.263. The molecule has 0 saturated carbocycles. The average Bonchev–Trinajstić information content (AvgIpc) is 3.19. The third-order valence-electron chi connectivity index (χ3n) is 5.38. The van der Waals surface area contributed by atoms with E-state index < -0.39 is 0 Å². The summed E-state index contributed by atoms with van der Waals surface area (Å²) in [6.45, 7) is 3.38. The number of amides is 2. The third-order valence-corrected chi connectivity index (χ3v) is 5.38. The number of carbonyl (C=O) groups excluding carboxylic acids is 2. The van der Waals surface area contributed by atoms with Crippen LogP contribution in [0.4, 0.5) is 0 Å². The number of rotatable bonds is 2. The fraction of sp³-hybridized carbons (Fsp3) is 0.368. The van der Waals surface area contributed by atoms with Crippen LogP contribution in [-0.2, 0) is 4.79 Å². The van der Waals surface area contributed by atoms with Gasteiger partial charge in [-0.3, -0.25) is 19.4 Å². The summed E-state index contributed by atoms with van der Waals surface area (Å²) in [7, 11) is 0. The van der Waals surface area contributed by atoms with Crippen LogP contribution >= 0.6 is 0 Å². The zero-order valence-electron chi connectivity index (χ0n) is 14.5. The number of carbonyl (C=O) groups is 2. The Morgan fingerprint density at radius 1 is 1.12 bits per heavy atom. The molecule has 2 aliphatic heterocycles. The Morgan fingerprint density at radius 2 is 1.88 bits per heavy atom. The van der Waals surface area contributed by atoms with Crippen LogP contribution in [0.15, 0.2) is 47.5 Å². The van der Waals surface area contributed by atoms with Gasteiger partial charge in [0.15, 0.2) is 0 Å². The summed E-state index contributed by atoms with van der Waals surface area (Å²) in [6.07, 6.45) is 2.53. The number of H-pyrrole nitrogens is 1. The summed E-state index contributed by atoms with van der Waals surface area (Å²) < 4.78 is 0. The highest BCUT2D eigenvalue weighted by Crippen LogP contribution is 2.45. The largest absolute Gasteiger partial charge is 0.337 e. The minimum atomic E-state index is -0.389. The smallest absolute Gasteiger partial charge is 0.271 e. The molecule has 2 aromatic rings. The maximum atomic E-state index is 12.7. The number of likely N-dealkylation sites (tertiary alicyclic amines) is 2. The number of hydrogen-bond acceptors (Lipinski definition) is 4. The predicted molar refractivity (Wildman–Crippen MR) is 94.3 cm³/mol. The molecule has 0 spiro atoms. The summed E-state index contributed by atoms with van der Waals surface area (Å²) in [4.78, 5) is 46.3. The van der Waals surface area contributed by atoms with E-state index in [1.807, 2.05) is 35.2 Å². The van der Waals surface area contributed by atoms with E-state index in [4.69, 9.17) is 0 Å². The summed E-state index contributed by atoms with van der Waals surface area (Å²) in [5, 5.41) is 0. The molecule has 4 rings (SSSR count). The minimum absolute atomic E-state index is 0.0237. The van der Waals surface area contributed by atoms with Gasteiger partial charge in [0.05, 0.1) is 18.4 Å². The fourth-order valence-corrected chi connectivity index (χ4v) is 4.27. The zero-order chi connectivity index (χ0) is 18.3. The van der Waals surface area contributed by atoms with Crippen molar-refractivity contribution < 1.29 is 9.59 Å². The van der Waals surface area contributed by atoms with Gasteiger partial charge in [0.25, 0.3) is 11.5 Å². The maximum Gasteiger partial charge on any atom is 0.271 e. The Bertz CT molecular complexity index is 895. The minimum Gasteiger partial charge on any atom is -0.337 e. The second kappa shape index (κ2) is 6.40. The lowest BCUT2D eigenvalue weighted by Crippen LogP contribution is -2.37. The number of benzene rings is 1. The van der Waals surface area contributed by atoms with Gasteiger partial charge in [-0.15, -0.1) is 0 Å². The second-order valence-corrected chi connectivity index (χ2v) is 6.97. The Hall–Kier alpha value is -2.96. The lowest BCUT2D eigenvalue weighted by molar-refractivity contribution is -0.130. The van der Waals surface area contributed by atoms with Gasteiger partial charge in [-0.1, -0.05) is 30.3 Å². The Kier molecular flexibility index (Phi) is 4.06. The van der Waals surface area contributed by atoms with E-state index in [1.165, 1.54) is 6.20 Å². The first-order valence-electron chi connectivity index (χ1n) is 8.70. The van der Waals surface area contributed by atoms with Gasteiger partial charge in [-0.05, 0) is 5.56 Å². The van der Waals surface area contributed by atoms with Crippen LogP contribution in [-0.4, -0.2) is 51.2 Å². The molecule has 7 nitrogen and oxygen atoms in total. The van der Waals surface area contributed by atoms with Crippen molar-refractivity contribution in [1.29, 1.82) is 0 Å². The van der Waals surface area contributed by atoms with E-state index in [0.717, 1.165) is 11.8 Å². The highest BCUT2D eigenvalue weighted by Gasteiger charge is 2.49. The van der Waals surface area contributed by atoms with Gasteiger partial charge < -0.3 is 14.8 Å². The number of nitrogens with one attached hydrogen (secondary N) is 1. The van der Waals surface area contributed by atoms with Crippen LogP contribution in [0.25, 0.3) is 0 Å². The standard InChI is InChI=1S/C19H20N4O3/c1-12(24)23-10-14-9-22(19(26)16-7-20-8-17(25)21-16)11-15(14)18(23)13-5-3-2-4-6-13/h2-8,14-15,18H,9-11H2,1H3,(H,21,25)/t14-,15-,18-/m1/s1. The van der Waals surface area contributed by atoms with Crippen molar-refractivity contribution in [2.45, 2.75) is 13.0 Å². The molecule has 1 aromatic carbocycles. The molecule has 1 aromatic heterocycles. The maximum absolute atomic E-state index is 12.7. The van der Waals surface area contributed by atoms with Crippen molar-refractivity contribution in [2.75, 3.05) is 19.6 Å². The molecule has 3 atom stereocenters. The van der Waals surface area contributed by atoms with Crippen LogP contribution in [0.3, 0.4) is 0 Å². The lowest BCUT2D eigenvalue weighted by atomic mass is 9.89. The van der Waals surface area contributed by atoms with Gasteiger partial charge >= 0.3 is 0 Å². The average molecular weight is 352 g/mol. The molecule has 1 N–H and O–H groups in total. The molecular formula is C19H20N4O3. The van der Waals surface area contributed by atoms with Gasteiger partial charge in [-0.25, -0.2) is 0 Å². The number of nitrogens with zero attached hydrogens (tertiary/aromatic N) is 3. The van der Waals surface area contributed by atoms with Crippen LogP contribution in [0.5, 0.6) is 0 Å². The molecule has 0 bridgehead atoms. The third kappa shape index (κ3) is 2.79. The second-order valence-electron chi connectivity index (χ2n) is 6.97. The van der Waals surface area contributed by atoms with Crippen molar-refractivity contribution >= 4 is 11.8 Å². The highest BCUT2D eigenvalue weighted by molar-refractivity contribution is 5.92. The van der Waals surface area contributed by atoms with Crippen molar-refractivity contribution in [3.05, 3.63) is 64.3 Å². The van der Waals surface area contributed by atoms with E-state index in [-0.39, 0.29) is 40.9 Å². The van der Waals surface area contributed by atoms with Crippen molar-refractivity contribution in [1.82, 2.24) is 19.8 Å². The molecule has 2 aliphatic rings. The topological polar surface area (TPSA) is 86.4 Å². The lowest BCUT2D eigenvalue weighted by Gasteiger charge is -2.29. The van der Waals surface area contributed by atoms with Crippen LogP contribution in [0, 0.1) is 11.8 Å². The van der Waals surface area contributed by atoms with E-state index >= 15 is 0 Å². The highest BCUT2D eigenvalue weighted by atomic mass is 16.2. The Balaban J connectivity index is 1.60. The Morgan fingerprint density at radius 3 is 2.58 bits per heavy atom. The first-order valence-corrected chi connectivity index (χ1v) is 8.70. The van der Waals surface area contributed by atoms with E-state index in [2.05, 4.69) is 9.97 Å². The summed E-state index contributed by atoms with van der Waals surface area (Å²) >= 11 is 0. The molecule has 0 radical (unpaired) electrons. The molecule has 2 fully saturated rings. The predicted octanol–water partition coefficient (Wildman–Crippen LogP) is 1.06. The van der Waals surface area contributed by atoms with Crippen molar-refractivity contribution in [3.63, 3.8) is 0 Å². The molecule has 2 saturated heterocycles. The van der Waals surface area contributed by atoms with Crippen LogP contribution in [0.2, 0.25) is 0 Å². The fourth-order valence-electron chi connectivity index (χ4n) is 4.27. The Labute approximate surface area is 150 Å². The normalized spacial score (nSPS) is 24.6. The number of aromatic amines is 1. The van der Waals surface area contributed by atoms with E-state index in [0.29, 0.717) is 19.6 Å². The van der Waals surface area contributed by atoms with Gasteiger partial charge in [0, 0.05) is 38.4 Å². The zero-order valence-corrected chi connectivity index (χ0v) is 14.5. The number of fused-ring (bicyclic) bond motifs is 1. The van der Waals surface area contributed by atoms with Crippen LogP contribution in [0.1, 0.15) is 29.0 Å². The molecule has 26 heavy (non-hydrogen) atoms. The van der Waals surface area contributed by atoms with Gasteiger partial charge in [0.1, 0.15) is 5.69 Å². The first-order chi connectivity index (χ1) is 12.5. The molecule has 134 valence electrons. The van der Waals surface area contributed by atoms with Crippen molar-refractivity contribution in [2.24, 2.45) is 11.8 Å². The molecule has 0 aliphatic carbocycles. The van der Waals surface area contributed by atoms with Gasteiger partial charge in [-0.2, -0.15) is 0 Å². The van der Waals surface area contributed by atoms with E-state index in [9.17, 15) is 14.4 Å². The van der Waals surface area contributed by atoms with Crippen molar-refractivity contribution in [3.8, 4) is 0 Å². The number of aromatic nitrogens is 2. The molecule has 0 unspecified atom stereocenters. The quantitative estimate of drug-likeness (QED) is 0.876. The van der Waals surface area contributed by atoms with E-state index in [1.54, 1.807) is 11.8 Å². The summed E-state index contributed by atoms with van der Waals surface area (Å²) in [6, 6.07) is 9.94. The molecular weight excluding hydrogens is 332 g/mol. The molecule has 3 heterocycles. The molecule has 2 amide bonds. The summed E-state index contributed by atoms with van der Waals surface area (Å²) in [5.41, 5.74) is 0.914. The monoisotopic (exact) mass is 352 g/mol.